The lowest BCUT2D eigenvalue weighted by atomic mass is 10.1. The van der Waals surface area contributed by atoms with Gasteiger partial charge in [-0.05, 0) is 38.3 Å². The van der Waals surface area contributed by atoms with Crippen LogP contribution in [0.4, 0.5) is 0 Å². The first kappa shape index (κ1) is 12.4. The highest BCUT2D eigenvalue weighted by Crippen LogP contribution is 2.39. The van der Waals surface area contributed by atoms with Crippen LogP contribution in [-0.2, 0) is 0 Å². The number of carbonyl (C=O) groups is 1. The molecule has 20 heavy (non-hydrogen) atoms. The maximum atomic E-state index is 12.7. The molecular weight excluding hydrogens is 252 g/mol. The van der Waals surface area contributed by atoms with Crippen LogP contribution >= 0.6 is 0 Å². The summed E-state index contributed by atoms with van der Waals surface area (Å²) in [6, 6.07) is 2.36. The molecule has 2 bridgehead atoms. The lowest BCUT2D eigenvalue weighted by Crippen LogP contribution is -2.54. The Balaban J connectivity index is 1.51. The average molecular weight is 274 g/mol. The third kappa shape index (κ3) is 2.24. The van der Waals surface area contributed by atoms with Crippen LogP contribution in [0.1, 0.15) is 54.2 Å². The van der Waals surface area contributed by atoms with Gasteiger partial charge in [0.25, 0.3) is 5.91 Å². The Labute approximate surface area is 119 Å². The summed E-state index contributed by atoms with van der Waals surface area (Å²) in [5, 5.41) is 7.30. The molecule has 0 spiro atoms. The molecule has 2 aliphatic heterocycles. The SMILES string of the molecule is O=C(c1cc(C2CC2)[nH]n1)N1CCN2CCCC[C@H]1C2. The van der Waals surface area contributed by atoms with Crippen LogP contribution in [-0.4, -0.2) is 58.1 Å². The largest absolute Gasteiger partial charge is 0.332 e. The van der Waals surface area contributed by atoms with E-state index in [0.29, 0.717) is 17.7 Å². The van der Waals surface area contributed by atoms with Gasteiger partial charge in [-0.1, -0.05) is 6.42 Å². The molecule has 1 unspecified atom stereocenters. The zero-order chi connectivity index (χ0) is 13.5. The van der Waals surface area contributed by atoms with Gasteiger partial charge in [-0.15, -0.1) is 0 Å². The van der Waals surface area contributed by atoms with Crippen LogP contribution in [0.2, 0.25) is 0 Å². The predicted octanol–water partition coefficient (Wildman–Crippen LogP) is 1.60. The van der Waals surface area contributed by atoms with E-state index in [1.54, 1.807) is 0 Å². The Morgan fingerprint density at radius 2 is 2.10 bits per heavy atom. The number of aromatic amines is 1. The zero-order valence-electron chi connectivity index (χ0n) is 11.8. The zero-order valence-corrected chi connectivity index (χ0v) is 11.8. The number of nitrogens with zero attached hydrogens (tertiary/aromatic N) is 3. The van der Waals surface area contributed by atoms with Crippen molar-refractivity contribution in [3.8, 4) is 0 Å². The first-order valence-electron chi connectivity index (χ1n) is 7.90. The van der Waals surface area contributed by atoms with E-state index in [0.717, 1.165) is 31.7 Å². The van der Waals surface area contributed by atoms with Gasteiger partial charge >= 0.3 is 0 Å². The van der Waals surface area contributed by atoms with Crippen LogP contribution in [0.5, 0.6) is 0 Å². The van der Waals surface area contributed by atoms with Gasteiger partial charge in [0.1, 0.15) is 5.69 Å². The molecule has 4 rings (SSSR count). The predicted molar refractivity (Wildman–Crippen MR) is 75.7 cm³/mol. The van der Waals surface area contributed by atoms with Crippen LogP contribution in [0, 0.1) is 0 Å². The van der Waals surface area contributed by atoms with E-state index in [1.165, 1.54) is 32.2 Å². The van der Waals surface area contributed by atoms with Crippen molar-refractivity contribution in [2.45, 2.75) is 44.1 Å². The highest BCUT2D eigenvalue weighted by atomic mass is 16.2. The Morgan fingerprint density at radius 1 is 1.20 bits per heavy atom. The topological polar surface area (TPSA) is 52.2 Å². The normalized spacial score (nSPS) is 30.1. The fourth-order valence-electron chi connectivity index (χ4n) is 3.55. The Bertz CT molecular complexity index is 508. The van der Waals surface area contributed by atoms with Crippen molar-refractivity contribution in [3.63, 3.8) is 0 Å². The number of nitrogens with one attached hydrogen (secondary N) is 1. The van der Waals surface area contributed by atoms with E-state index >= 15 is 0 Å². The maximum absolute atomic E-state index is 12.7. The molecule has 5 heteroatoms. The van der Waals surface area contributed by atoms with Gasteiger partial charge in [-0.2, -0.15) is 5.10 Å². The number of hydrogen-bond donors (Lipinski definition) is 1. The summed E-state index contributed by atoms with van der Waals surface area (Å²) < 4.78 is 0. The molecule has 3 fully saturated rings. The summed E-state index contributed by atoms with van der Waals surface area (Å²) in [4.78, 5) is 17.3. The fourth-order valence-corrected chi connectivity index (χ4v) is 3.55. The van der Waals surface area contributed by atoms with Crippen molar-refractivity contribution in [1.29, 1.82) is 0 Å². The molecule has 2 atom stereocenters. The van der Waals surface area contributed by atoms with E-state index in [1.807, 2.05) is 6.07 Å². The van der Waals surface area contributed by atoms with Crippen molar-refractivity contribution >= 4 is 5.91 Å². The third-order valence-corrected chi connectivity index (χ3v) is 4.92. The number of aromatic nitrogens is 2. The van der Waals surface area contributed by atoms with E-state index in [2.05, 4.69) is 20.0 Å². The first-order chi connectivity index (χ1) is 9.81. The van der Waals surface area contributed by atoms with E-state index in [-0.39, 0.29) is 5.91 Å². The lowest BCUT2D eigenvalue weighted by Gasteiger charge is -2.39. The third-order valence-electron chi connectivity index (χ3n) is 4.92. The van der Waals surface area contributed by atoms with E-state index in [4.69, 9.17) is 0 Å². The molecule has 3 heterocycles. The van der Waals surface area contributed by atoms with Crippen molar-refractivity contribution in [1.82, 2.24) is 20.0 Å². The van der Waals surface area contributed by atoms with Gasteiger partial charge in [0.05, 0.1) is 0 Å². The highest BCUT2D eigenvalue weighted by molar-refractivity contribution is 5.92. The summed E-state index contributed by atoms with van der Waals surface area (Å²) in [5.41, 5.74) is 1.76. The second-order valence-electron chi connectivity index (χ2n) is 6.43. The Hall–Kier alpha value is -1.36. The van der Waals surface area contributed by atoms with Crippen molar-refractivity contribution in [3.05, 3.63) is 17.5 Å². The van der Waals surface area contributed by atoms with Gasteiger partial charge in [0.2, 0.25) is 0 Å². The van der Waals surface area contributed by atoms with E-state index in [9.17, 15) is 4.79 Å². The Kier molecular flexibility index (Phi) is 3.02. The monoisotopic (exact) mass is 274 g/mol. The summed E-state index contributed by atoms with van der Waals surface area (Å²) in [6.45, 7) is 4.12. The van der Waals surface area contributed by atoms with E-state index < -0.39 is 0 Å². The number of hydrogen-bond acceptors (Lipinski definition) is 3. The molecule has 1 aromatic heterocycles. The highest BCUT2D eigenvalue weighted by Gasteiger charge is 2.34. The molecule has 2 saturated heterocycles. The summed E-state index contributed by atoms with van der Waals surface area (Å²) >= 11 is 0. The Morgan fingerprint density at radius 3 is 2.95 bits per heavy atom. The van der Waals surface area contributed by atoms with Crippen LogP contribution < -0.4 is 0 Å². The van der Waals surface area contributed by atoms with Gasteiger partial charge < -0.3 is 4.90 Å². The number of fused-ring (bicyclic) bond motifs is 2. The molecule has 3 aliphatic rings. The average Bonchev–Trinajstić information content (AvgIpc) is 3.23. The van der Waals surface area contributed by atoms with Gasteiger partial charge in [-0.25, -0.2) is 0 Å². The van der Waals surface area contributed by atoms with Gasteiger partial charge in [0.15, 0.2) is 0 Å². The van der Waals surface area contributed by atoms with Crippen molar-refractivity contribution < 1.29 is 4.79 Å². The summed E-state index contributed by atoms with van der Waals surface area (Å²) in [7, 11) is 0. The number of carbonyl (C=O) groups excluding carboxylic acids is 1. The fraction of sp³-hybridized carbons (Fsp3) is 0.733. The standard InChI is InChI=1S/C15H22N4O/c20-15(14-9-13(16-17-14)11-4-5-11)19-8-7-18-6-2-1-3-12(19)10-18/h9,11-12H,1-8,10H2,(H,16,17)/t12-/m0/s1. The molecule has 1 N–H and O–H groups in total. The van der Waals surface area contributed by atoms with Crippen LogP contribution in [0.15, 0.2) is 6.07 Å². The minimum absolute atomic E-state index is 0.125. The van der Waals surface area contributed by atoms with Crippen LogP contribution in [0.3, 0.4) is 0 Å². The van der Waals surface area contributed by atoms with Gasteiger partial charge in [0, 0.05) is 37.3 Å². The number of H-pyrrole nitrogens is 1. The summed E-state index contributed by atoms with van der Waals surface area (Å²) in [5.74, 6) is 0.749. The molecular formula is C15H22N4O. The van der Waals surface area contributed by atoms with Crippen molar-refractivity contribution in [2.75, 3.05) is 26.2 Å². The summed E-state index contributed by atoms with van der Waals surface area (Å²) in [6.07, 6.45) is 6.11. The number of rotatable bonds is 2. The molecule has 1 aromatic rings. The molecule has 1 aliphatic carbocycles. The number of amides is 1. The molecule has 108 valence electrons. The molecule has 0 radical (unpaired) electrons. The molecule has 1 saturated carbocycles. The molecule has 0 aromatic carbocycles. The second kappa shape index (κ2) is 4.88. The second-order valence-corrected chi connectivity index (χ2v) is 6.43. The first-order valence-corrected chi connectivity index (χ1v) is 7.90. The minimum atomic E-state index is 0.125. The smallest absolute Gasteiger partial charge is 0.274 e. The molecule has 5 nitrogen and oxygen atoms in total. The van der Waals surface area contributed by atoms with Gasteiger partial charge in [-0.3, -0.25) is 14.8 Å². The minimum Gasteiger partial charge on any atom is -0.332 e. The van der Waals surface area contributed by atoms with Crippen LogP contribution in [0.25, 0.3) is 0 Å². The molecule has 1 amide bonds. The lowest BCUT2D eigenvalue weighted by molar-refractivity contribution is 0.0478. The maximum Gasteiger partial charge on any atom is 0.274 e. The number of piperazine rings is 1. The quantitative estimate of drug-likeness (QED) is 0.891. The van der Waals surface area contributed by atoms with Crippen molar-refractivity contribution in [2.24, 2.45) is 0 Å².